The number of hydrogen-bond acceptors (Lipinski definition) is 5. The van der Waals surface area contributed by atoms with E-state index in [4.69, 9.17) is 5.11 Å². The molecule has 2 heterocycles. The van der Waals surface area contributed by atoms with E-state index in [-0.39, 0.29) is 12.5 Å². The Morgan fingerprint density at radius 1 is 1.50 bits per heavy atom. The van der Waals surface area contributed by atoms with Gasteiger partial charge in [-0.05, 0) is 12.1 Å². The van der Waals surface area contributed by atoms with Gasteiger partial charge in [-0.25, -0.2) is 4.98 Å². The number of thiazole rings is 1. The third-order valence-corrected chi connectivity index (χ3v) is 3.62. The van der Waals surface area contributed by atoms with E-state index in [0.29, 0.717) is 16.4 Å². The average Bonchev–Trinajstić information content (AvgIpc) is 3.00. The molecule has 18 heavy (non-hydrogen) atoms. The molecule has 92 valence electrons. The van der Waals surface area contributed by atoms with Gasteiger partial charge in [0.15, 0.2) is 5.13 Å². The Bertz CT molecular complexity index is 579. The Hall–Kier alpha value is -1.68. The first-order valence-corrected chi connectivity index (χ1v) is 6.89. The fourth-order valence-electron chi connectivity index (χ4n) is 1.18. The lowest BCUT2D eigenvalue weighted by molar-refractivity contribution is 0.103. The van der Waals surface area contributed by atoms with Crippen LogP contribution < -0.4 is 5.32 Å². The first-order chi connectivity index (χ1) is 8.79. The molecule has 0 aliphatic rings. The molecular formula is C12H10N2O2S2. The molecule has 6 heteroatoms. The second-order valence-corrected chi connectivity index (χ2v) is 5.21. The minimum absolute atomic E-state index is 0.0514. The molecule has 0 aliphatic carbocycles. The van der Waals surface area contributed by atoms with Crippen molar-refractivity contribution in [2.24, 2.45) is 0 Å². The number of rotatable bonds is 3. The topological polar surface area (TPSA) is 62.2 Å². The van der Waals surface area contributed by atoms with Gasteiger partial charge in [0.1, 0.15) is 0 Å². The van der Waals surface area contributed by atoms with Crippen LogP contribution in [0, 0.1) is 11.8 Å². The molecule has 2 rings (SSSR count). The third-order valence-electron chi connectivity index (χ3n) is 1.93. The van der Waals surface area contributed by atoms with E-state index in [2.05, 4.69) is 22.1 Å². The molecule has 1 amide bonds. The summed E-state index contributed by atoms with van der Waals surface area (Å²) in [4.78, 5) is 17.2. The van der Waals surface area contributed by atoms with Crippen molar-refractivity contribution >= 4 is 33.7 Å². The highest BCUT2D eigenvalue weighted by atomic mass is 32.1. The summed E-state index contributed by atoms with van der Waals surface area (Å²) in [6.45, 7) is 0.0514. The number of thiophene rings is 1. The standard InChI is InChI=1S/C12H10N2O2S2/c15-7-2-1-3-9-4-5-10(18-9)11(16)14-12-13-6-8-17-12/h4-6,8,15H,2,7H2,(H,13,14,16). The molecule has 0 saturated heterocycles. The van der Waals surface area contributed by atoms with Crippen LogP contribution in [-0.2, 0) is 0 Å². The van der Waals surface area contributed by atoms with E-state index in [1.54, 1.807) is 23.7 Å². The van der Waals surface area contributed by atoms with Crippen molar-refractivity contribution in [3.8, 4) is 11.8 Å². The molecule has 0 fully saturated rings. The number of nitrogens with one attached hydrogen (secondary N) is 1. The number of carbonyl (C=O) groups is 1. The smallest absolute Gasteiger partial charge is 0.267 e. The molecule has 0 radical (unpaired) electrons. The van der Waals surface area contributed by atoms with Crippen molar-refractivity contribution in [1.29, 1.82) is 0 Å². The molecule has 0 aromatic carbocycles. The largest absolute Gasteiger partial charge is 0.395 e. The van der Waals surface area contributed by atoms with Crippen molar-refractivity contribution in [2.75, 3.05) is 11.9 Å². The summed E-state index contributed by atoms with van der Waals surface area (Å²) in [5.74, 6) is 5.54. The average molecular weight is 278 g/mol. The Balaban J connectivity index is 2.02. The Kier molecular flexibility index (Phi) is 4.47. The lowest BCUT2D eigenvalue weighted by Crippen LogP contribution is -2.09. The molecular weight excluding hydrogens is 268 g/mol. The van der Waals surface area contributed by atoms with Gasteiger partial charge in [0.25, 0.3) is 5.91 Å². The summed E-state index contributed by atoms with van der Waals surface area (Å²) in [6.07, 6.45) is 2.08. The van der Waals surface area contributed by atoms with Crippen LogP contribution in [0.15, 0.2) is 23.7 Å². The highest BCUT2D eigenvalue weighted by Gasteiger charge is 2.09. The monoisotopic (exact) mass is 278 g/mol. The fourth-order valence-corrected chi connectivity index (χ4v) is 2.48. The van der Waals surface area contributed by atoms with Gasteiger partial charge >= 0.3 is 0 Å². The number of aliphatic hydroxyl groups is 1. The van der Waals surface area contributed by atoms with Gasteiger partial charge in [0.2, 0.25) is 0 Å². The van der Waals surface area contributed by atoms with Gasteiger partial charge in [-0.15, -0.1) is 22.7 Å². The zero-order valence-corrected chi connectivity index (χ0v) is 11.0. The summed E-state index contributed by atoms with van der Waals surface area (Å²) in [7, 11) is 0. The minimum atomic E-state index is -0.176. The quantitative estimate of drug-likeness (QED) is 0.846. The van der Waals surface area contributed by atoms with E-state index >= 15 is 0 Å². The number of aromatic nitrogens is 1. The lowest BCUT2D eigenvalue weighted by Gasteiger charge is -1.96. The predicted octanol–water partition coefficient (Wildman–Crippen LogP) is 2.19. The number of nitrogens with zero attached hydrogens (tertiary/aromatic N) is 1. The number of carbonyl (C=O) groups excluding carboxylic acids is 1. The van der Waals surface area contributed by atoms with E-state index < -0.39 is 0 Å². The SMILES string of the molecule is O=C(Nc1nccs1)c1ccc(C#CCCO)s1. The van der Waals surface area contributed by atoms with Crippen molar-refractivity contribution in [3.63, 3.8) is 0 Å². The van der Waals surface area contributed by atoms with Crippen LogP contribution in [0.3, 0.4) is 0 Å². The maximum absolute atomic E-state index is 11.8. The summed E-state index contributed by atoms with van der Waals surface area (Å²) in [5.41, 5.74) is 0. The van der Waals surface area contributed by atoms with Crippen LogP contribution >= 0.6 is 22.7 Å². The zero-order chi connectivity index (χ0) is 12.8. The normalized spacial score (nSPS) is 9.61. The van der Waals surface area contributed by atoms with Crippen LogP contribution in [0.2, 0.25) is 0 Å². The van der Waals surface area contributed by atoms with Gasteiger partial charge in [-0.2, -0.15) is 0 Å². The number of hydrogen-bond donors (Lipinski definition) is 2. The lowest BCUT2D eigenvalue weighted by atomic mass is 10.4. The maximum atomic E-state index is 11.8. The molecule has 2 aromatic heterocycles. The van der Waals surface area contributed by atoms with Crippen molar-refractivity contribution in [1.82, 2.24) is 4.98 Å². The number of amides is 1. The van der Waals surface area contributed by atoms with E-state index in [9.17, 15) is 4.79 Å². The van der Waals surface area contributed by atoms with Crippen LogP contribution in [0.5, 0.6) is 0 Å². The Morgan fingerprint density at radius 3 is 3.11 bits per heavy atom. The summed E-state index contributed by atoms with van der Waals surface area (Å²) < 4.78 is 0. The van der Waals surface area contributed by atoms with Gasteiger partial charge in [0.05, 0.1) is 16.4 Å². The number of aliphatic hydroxyl groups excluding tert-OH is 1. The maximum Gasteiger partial charge on any atom is 0.267 e. The molecule has 0 unspecified atom stereocenters. The van der Waals surface area contributed by atoms with Crippen LogP contribution in [0.25, 0.3) is 0 Å². The molecule has 0 saturated carbocycles. The molecule has 0 atom stereocenters. The van der Waals surface area contributed by atoms with E-state index in [0.717, 1.165) is 4.88 Å². The van der Waals surface area contributed by atoms with Gasteiger partial charge in [0, 0.05) is 18.0 Å². The van der Waals surface area contributed by atoms with Crippen molar-refractivity contribution in [3.05, 3.63) is 33.5 Å². The molecule has 0 aliphatic heterocycles. The summed E-state index contributed by atoms with van der Waals surface area (Å²) in [6, 6.07) is 3.53. The van der Waals surface area contributed by atoms with E-state index in [1.165, 1.54) is 22.7 Å². The highest BCUT2D eigenvalue weighted by Crippen LogP contribution is 2.18. The van der Waals surface area contributed by atoms with Gasteiger partial charge < -0.3 is 5.11 Å². The molecule has 0 spiro atoms. The van der Waals surface area contributed by atoms with Crippen molar-refractivity contribution < 1.29 is 9.90 Å². The third kappa shape index (κ3) is 3.40. The minimum Gasteiger partial charge on any atom is -0.395 e. The molecule has 4 nitrogen and oxygen atoms in total. The molecule has 0 bridgehead atoms. The van der Waals surface area contributed by atoms with Gasteiger partial charge in [-0.1, -0.05) is 11.8 Å². The highest BCUT2D eigenvalue weighted by molar-refractivity contribution is 7.15. The summed E-state index contributed by atoms with van der Waals surface area (Å²) >= 11 is 2.70. The van der Waals surface area contributed by atoms with Crippen LogP contribution in [0.1, 0.15) is 21.0 Å². The molecule has 2 N–H and O–H groups in total. The first kappa shape index (κ1) is 12.8. The van der Waals surface area contributed by atoms with Crippen LogP contribution in [0.4, 0.5) is 5.13 Å². The zero-order valence-electron chi connectivity index (χ0n) is 9.34. The molecule has 2 aromatic rings. The number of anilines is 1. The first-order valence-electron chi connectivity index (χ1n) is 5.20. The summed E-state index contributed by atoms with van der Waals surface area (Å²) in [5, 5.41) is 13.7. The fraction of sp³-hybridized carbons (Fsp3) is 0.167. The Morgan fingerprint density at radius 2 is 2.39 bits per heavy atom. The van der Waals surface area contributed by atoms with Gasteiger partial charge in [-0.3, -0.25) is 10.1 Å². The van der Waals surface area contributed by atoms with E-state index in [1.807, 2.05) is 0 Å². The Labute approximate surface area is 112 Å². The van der Waals surface area contributed by atoms with Crippen molar-refractivity contribution in [2.45, 2.75) is 6.42 Å². The second-order valence-electron chi connectivity index (χ2n) is 3.23. The van der Waals surface area contributed by atoms with Crippen LogP contribution in [-0.4, -0.2) is 22.6 Å². The predicted molar refractivity (Wildman–Crippen MR) is 73.0 cm³/mol. The second kappa shape index (κ2) is 6.31.